The maximum absolute atomic E-state index is 12.1. The van der Waals surface area contributed by atoms with Crippen LogP contribution >= 0.6 is 0 Å². The van der Waals surface area contributed by atoms with Crippen molar-refractivity contribution in [2.24, 2.45) is 5.73 Å². The van der Waals surface area contributed by atoms with Gasteiger partial charge in [0.25, 0.3) is 0 Å². The average Bonchev–Trinajstić information content (AvgIpc) is 2.52. The number of ether oxygens (including phenoxy) is 2. The lowest BCUT2D eigenvalue weighted by atomic mass is 9.91. The van der Waals surface area contributed by atoms with Gasteiger partial charge in [-0.15, -0.1) is 0 Å². The molecule has 0 aliphatic rings. The van der Waals surface area contributed by atoms with Gasteiger partial charge in [-0.25, -0.2) is 9.59 Å². The standard InChI is InChI=1S/C15H20N2O6/c1-10(16)12(18)15(9-22-2,13(19)20)17-14(21)23-8-11-6-4-3-5-7-11/h3-7,10H,8-9,16H2,1-2H3,(H,17,21)(H,19,20)/t10-,15+/m0/s1. The fraction of sp³-hybridized carbons (Fsp3) is 0.400. The third-order valence-electron chi connectivity index (χ3n) is 3.09. The summed E-state index contributed by atoms with van der Waals surface area (Å²) in [5, 5.41) is 11.4. The molecule has 0 aromatic heterocycles. The van der Waals surface area contributed by atoms with Gasteiger partial charge in [0.15, 0.2) is 5.78 Å². The molecule has 0 heterocycles. The predicted molar refractivity (Wildman–Crippen MR) is 80.7 cm³/mol. The van der Waals surface area contributed by atoms with E-state index in [9.17, 15) is 19.5 Å². The molecule has 0 fully saturated rings. The van der Waals surface area contributed by atoms with Crippen molar-refractivity contribution in [2.45, 2.75) is 25.1 Å². The first-order chi connectivity index (χ1) is 10.8. The zero-order valence-corrected chi connectivity index (χ0v) is 12.9. The second-order valence-corrected chi connectivity index (χ2v) is 4.98. The molecule has 0 radical (unpaired) electrons. The maximum Gasteiger partial charge on any atom is 0.408 e. The molecule has 4 N–H and O–H groups in total. The summed E-state index contributed by atoms with van der Waals surface area (Å²) in [4.78, 5) is 35.6. The third kappa shape index (κ3) is 4.76. The Kier molecular flexibility index (Phi) is 6.67. The van der Waals surface area contributed by atoms with Crippen LogP contribution in [-0.2, 0) is 25.7 Å². The van der Waals surface area contributed by atoms with E-state index in [0.29, 0.717) is 5.56 Å². The molecule has 2 atom stereocenters. The van der Waals surface area contributed by atoms with Gasteiger partial charge in [0.05, 0.1) is 12.6 Å². The van der Waals surface area contributed by atoms with Crippen LogP contribution in [0, 0.1) is 0 Å². The van der Waals surface area contributed by atoms with Crippen LogP contribution in [0.5, 0.6) is 0 Å². The normalized spacial score (nSPS) is 14.4. The number of hydrogen-bond acceptors (Lipinski definition) is 6. The van der Waals surface area contributed by atoms with Crippen LogP contribution in [0.25, 0.3) is 0 Å². The molecule has 1 amide bonds. The maximum atomic E-state index is 12.1. The lowest BCUT2D eigenvalue weighted by Gasteiger charge is -2.29. The number of rotatable bonds is 8. The van der Waals surface area contributed by atoms with Gasteiger partial charge in [-0.2, -0.15) is 0 Å². The van der Waals surface area contributed by atoms with Crippen LogP contribution in [0.2, 0.25) is 0 Å². The first-order valence-electron chi connectivity index (χ1n) is 6.84. The van der Waals surface area contributed by atoms with E-state index in [-0.39, 0.29) is 6.61 Å². The molecule has 126 valence electrons. The number of aliphatic carboxylic acids is 1. The van der Waals surface area contributed by atoms with Gasteiger partial charge in [-0.3, -0.25) is 10.1 Å². The van der Waals surface area contributed by atoms with Crippen molar-refractivity contribution < 1.29 is 29.0 Å². The topological polar surface area (TPSA) is 128 Å². The number of amides is 1. The van der Waals surface area contributed by atoms with E-state index in [2.05, 4.69) is 5.32 Å². The van der Waals surface area contributed by atoms with E-state index in [1.54, 1.807) is 30.3 Å². The first-order valence-corrected chi connectivity index (χ1v) is 6.84. The Morgan fingerprint density at radius 2 is 1.91 bits per heavy atom. The number of hydrogen-bond donors (Lipinski definition) is 3. The number of nitrogens with two attached hydrogens (primary N) is 1. The second-order valence-electron chi connectivity index (χ2n) is 4.98. The van der Waals surface area contributed by atoms with Gasteiger partial charge >= 0.3 is 12.1 Å². The number of nitrogens with one attached hydrogen (secondary N) is 1. The molecule has 0 aliphatic carbocycles. The van der Waals surface area contributed by atoms with E-state index in [4.69, 9.17) is 15.2 Å². The zero-order valence-electron chi connectivity index (χ0n) is 12.9. The lowest BCUT2D eigenvalue weighted by Crippen LogP contribution is -2.66. The van der Waals surface area contributed by atoms with Gasteiger partial charge in [0.1, 0.15) is 6.61 Å². The lowest BCUT2D eigenvalue weighted by molar-refractivity contribution is -0.153. The number of methoxy groups -OCH3 is 1. The highest BCUT2D eigenvalue weighted by Gasteiger charge is 2.49. The van der Waals surface area contributed by atoms with E-state index in [1.807, 2.05) is 0 Å². The highest BCUT2D eigenvalue weighted by atomic mass is 16.5. The molecule has 1 aromatic rings. The Balaban J connectivity index is 2.85. The predicted octanol–water partition coefficient (Wildman–Crippen LogP) is 0.299. The molecule has 1 rings (SSSR count). The van der Waals surface area contributed by atoms with E-state index < -0.39 is 36.0 Å². The monoisotopic (exact) mass is 324 g/mol. The van der Waals surface area contributed by atoms with Gasteiger partial charge in [-0.05, 0) is 12.5 Å². The van der Waals surface area contributed by atoms with Crippen LogP contribution in [0.4, 0.5) is 4.79 Å². The number of carbonyl (C=O) groups excluding carboxylic acids is 2. The Hall–Kier alpha value is -2.45. The minimum Gasteiger partial charge on any atom is -0.479 e. The fourth-order valence-electron chi connectivity index (χ4n) is 1.93. The minimum atomic E-state index is -2.29. The van der Waals surface area contributed by atoms with Crippen molar-refractivity contribution in [3.63, 3.8) is 0 Å². The summed E-state index contributed by atoms with van der Waals surface area (Å²) >= 11 is 0. The van der Waals surface area contributed by atoms with Gasteiger partial charge in [-0.1, -0.05) is 30.3 Å². The minimum absolute atomic E-state index is 0.0677. The van der Waals surface area contributed by atoms with Crippen LogP contribution < -0.4 is 11.1 Å². The Bertz CT molecular complexity index is 560. The van der Waals surface area contributed by atoms with Crippen molar-refractivity contribution >= 4 is 17.8 Å². The van der Waals surface area contributed by atoms with Gasteiger partial charge < -0.3 is 20.3 Å². The molecule has 0 saturated carbocycles. The third-order valence-corrected chi connectivity index (χ3v) is 3.09. The Morgan fingerprint density at radius 1 is 1.30 bits per heavy atom. The molecule has 0 saturated heterocycles. The van der Waals surface area contributed by atoms with Crippen LogP contribution in [-0.4, -0.2) is 48.2 Å². The number of Topliss-reactive ketones (excluding diaryl/α,β-unsaturated/α-hetero) is 1. The smallest absolute Gasteiger partial charge is 0.408 e. The number of alkyl carbamates (subject to hydrolysis) is 1. The number of benzene rings is 1. The fourth-order valence-corrected chi connectivity index (χ4v) is 1.93. The molecule has 0 aliphatic heterocycles. The Morgan fingerprint density at radius 3 is 2.39 bits per heavy atom. The quantitative estimate of drug-likeness (QED) is 0.587. The molecule has 1 aromatic carbocycles. The summed E-state index contributed by atoms with van der Waals surface area (Å²) in [5.74, 6) is -2.46. The number of carbonyl (C=O) groups is 3. The van der Waals surface area contributed by atoms with E-state index in [1.165, 1.54) is 14.0 Å². The van der Waals surface area contributed by atoms with Crippen molar-refractivity contribution in [2.75, 3.05) is 13.7 Å². The summed E-state index contributed by atoms with van der Waals surface area (Å²) in [6, 6.07) is 7.71. The number of carboxylic acids is 1. The molecule has 8 heteroatoms. The van der Waals surface area contributed by atoms with Crippen LogP contribution in [0.15, 0.2) is 30.3 Å². The summed E-state index contributed by atoms with van der Waals surface area (Å²) < 4.78 is 9.72. The summed E-state index contributed by atoms with van der Waals surface area (Å²) in [6.45, 7) is 0.692. The van der Waals surface area contributed by atoms with Crippen molar-refractivity contribution in [3.05, 3.63) is 35.9 Å². The van der Waals surface area contributed by atoms with Crippen molar-refractivity contribution in [3.8, 4) is 0 Å². The molecule has 0 unspecified atom stereocenters. The average molecular weight is 324 g/mol. The molecular formula is C15H20N2O6. The highest BCUT2D eigenvalue weighted by Crippen LogP contribution is 2.12. The molecule has 23 heavy (non-hydrogen) atoms. The zero-order chi connectivity index (χ0) is 17.5. The number of carboxylic acid groups (broad SMARTS) is 1. The van der Waals surface area contributed by atoms with Gasteiger partial charge in [0, 0.05) is 7.11 Å². The first kappa shape index (κ1) is 18.6. The SMILES string of the molecule is COC[C@](NC(=O)OCc1ccccc1)(C(=O)O)C(=O)[C@H](C)N. The van der Waals surface area contributed by atoms with Crippen molar-refractivity contribution in [1.82, 2.24) is 5.32 Å². The van der Waals surface area contributed by atoms with Crippen molar-refractivity contribution in [1.29, 1.82) is 0 Å². The molecule has 0 spiro atoms. The van der Waals surface area contributed by atoms with E-state index in [0.717, 1.165) is 0 Å². The van der Waals surface area contributed by atoms with Crippen LogP contribution in [0.1, 0.15) is 12.5 Å². The molecular weight excluding hydrogens is 304 g/mol. The van der Waals surface area contributed by atoms with E-state index >= 15 is 0 Å². The van der Waals surface area contributed by atoms with Crippen LogP contribution in [0.3, 0.4) is 0 Å². The second kappa shape index (κ2) is 8.25. The Labute approximate surface area is 133 Å². The summed E-state index contributed by atoms with van der Waals surface area (Å²) in [7, 11) is 1.21. The van der Waals surface area contributed by atoms with Gasteiger partial charge in [0.2, 0.25) is 5.54 Å². The highest BCUT2D eigenvalue weighted by molar-refractivity contribution is 6.12. The molecule has 8 nitrogen and oxygen atoms in total. The number of ketones is 1. The molecule has 0 bridgehead atoms. The largest absolute Gasteiger partial charge is 0.479 e. The summed E-state index contributed by atoms with van der Waals surface area (Å²) in [5.41, 5.74) is 3.89. The summed E-state index contributed by atoms with van der Waals surface area (Å²) in [6.07, 6.45) is -1.05.